The Morgan fingerprint density at radius 3 is 2.65 bits per heavy atom. The highest BCUT2D eigenvalue weighted by Crippen LogP contribution is 2.35. The van der Waals surface area contributed by atoms with Crippen LogP contribution < -0.4 is 5.73 Å². The summed E-state index contributed by atoms with van der Waals surface area (Å²) in [5, 5.41) is 0. The summed E-state index contributed by atoms with van der Waals surface area (Å²) in [7, 11) is 0. The SMILES string of the molecule is CC(C)[C@H]1CC[C@@H](C)C[C@@H]1OC(=O)c1ccccc1N. The molecule has 0 bridgehead atoms. The van der Waals surface area contributed by atoms with Crippen LogP contribution in [-0.4, -0.2) is 12.1 Å². The van der Waals surface area contributed by atoms with Gasteiger partial charge in [-0.1, -0.05) is 39.3 Å². The van der Waals surface area contributed by atoms with E-state index < -0.39 is 0 Å². The van der Waals surface area contributed by atoms with Crippen molar-refractivity contribution in [2.24, 2.45) is 17.8 Å². The topological polar surface area (TPSA) is 52.3 Å². The van der Waals surface area contributed by atoms with Crippen LogP contribution in [0, 0.1) is 17.8 Å². The molecule has 0 aliphatic heterocycles. The van der Waals surface area contributed by atoms with Crippen molar-refractivity contribution in [3.63, 3.8) is 0 Å². The summed E-state index contributed by atoms with van der Waals surface area (Å²) in [5.41, 5.74) is 6.82. The summed E-state index contributed by atoms with van der Waals surface area (Å²) in [4.78, 5) is 12.3. The molecule has 0 radical (unpaired) electrons. The maximum absolute atomic E-state index is 12.3. The van der Waals surface area contributed by atoms with Gasteiger partial charge in [0.05, 0.1) is 5.56 Å². The molecule has 0 spiro atoms. The lowest BCUT2D eigenvalue weighted by atomic mass is 9.75. The van der Waals surface area contributed by atoms with Gasteiger partial charge in [-0.05, 0) is 42.7 Å². The van der Waals surface area contributed by atoms with E-state index in [1.165, 1.54) is 6.42 Å². The minimum Gasteiger partial charge on any atom is -0.458 e. The second-order valence-electron chi connectivity index (χ2n) is 6.36. The van der Waals surface area contributed by atoms with Gasteiger partial charge in [-0.25, -0.2) is 4.79 Å². The monoisotopic (exact) mass is 275 g/mol. The number of nitrogen functional groups attached to an aromatic ring is 1. The van der Waals surface area contributed by atoms with E-state index in [9.17, 15) is 4.79 Å². The van der Waals surface area contributed by atoms with Crippen LogP contribution in [0.4, 0.5) is 5.69 Å². The van der Waals surface area contributed by atoms with Gasteiger partial charge in [-0.2, -0.15) is 0 Å². The van der Waals surface area contributed by atoms with Crippen LogP contribution in [0.1, 0.15) is 50.4 Å². The molecule has 0 heterocycles. The molecular formula is C17H25NO2. The van der Waals surface area contributed by atoms with Gasteiger partial charge in [-0.15, -0.1) is 0 Å². The maximum Gasteiger partial charge on any atom is 0.340 e. The predicted molar refractivity (Wildman–Crippen MR) is 81.4 cm³/mol. The fourth-order valence-corrected chi connectivity index (χ4v) is 3.13. The highest BCUT2D eigenvalue weighted by molar-refractivity contribution is 5.95. The summed E-state index contributed by atoms with van der Waals surface area (Å²) >= 11 is 0. The van der Waals surface area contributed by atoms with Gasteiger partial charge in [0.25, 0.3) is 0 Å². The number of hydrogen-bond donors (Lipinski definition) is 1. The number of para-hydroxylation sites is 1. The van der Waals surface area contributed by atoms with Gasteiger partial charge < -0.3 is 10.5 Å². The summed E-state index contributed by atoms with van der Waals surface area (Å²) in [6.07, 6.45) is 3.35. The van der Waals surface area contributed by atoms with Crippen molar-refractivity contribution in [2.45, 2.75) is 46.1 Å². The van der Waals surface area contributed by atoms with Gasteiger partial charge in [-0.3, -0.25) is 0 Å². The minimum atomic E-state index is -0.284. The number of esters is 1. The first-order valence-electron chi connectivity index (χ1n) is 7.54. The lowest BCUT2D eigenvalue weighted by Gasteiger charge is -2.36. The zero-order chi connectivity index (χ0) is 14.7. The fraction of sp³-hybridized carbons (Fsp3) is 0.588. The highest BCUT2D eigenvalue weighted by Gasteiger charge is 2.33. The van der Waals surface area contributed by atoms with Crippen molar-refractivity contribution in [1.29, 1.82) is 0 Å². The van der Waals surface area contributed by atoms with Crippen LogP contribution in [0.2, 0.25) is 0 Å². The quantitative estimate of drug-likeness (QED) is 0.672. The summed E-state index contributed by atoms with van der Waals surface area (Å²) < 4.78 is 5.78. The molecule has 3 heteroatoms. The smallest absolute Gasteiger partial charge is 0.340 e. The average molecular weight is 275 g/mol. The maximum atomic E-state index is 12.3. The Hall–Kier alpha value is -1.51. The number of anilines is 1. The second kappa shape index (κ2) is 6.29. The third-order valence-corrected chi connectivity index (χ3v) is 4.40. The Kier molecular flexibility index (Phi) is 4.69. The molecule has 20 heavy (non-hydrogen) atoms. The Morgan fingerprint density at radius 1 is 1.30 bits per heavy atom. The van der Waals surface area contributed by atoms with Gasteiger partial charge in [0, 0.05) is 5.69 Å². The van der Waals surface area contributed by atoms with E-state index in [4.69, 9.17) is 10.5 Å². The predicted octanol–water partition coefficient (Wildman–Crippen LogP) is 3.89. The van der Waals surface area contributed by atoms with Crippen molar-refractivity contribution in [3.8, 4) is 0 Å². The molecular weight excluding hydrogens is 250 g/mol. The minimum absolute atomic E-state index is 0.0193. The first-order valence-corrected chi connectivity index (χ1v) is 7.54. The molecule has 2 N–H and O–H groups in total. The van der Waals surface area contributed by atoms with E-state index in [0.717, 1.165) is 12.8 Å². The summed E-state index contributed by atoms with van der Waals surface area (Å²) in [6, 6.07) is 7.11. The lowest BCUT2D eigenvalue weighted by Crippen LogP contribution is -2.36. The number of benzene rings is 1. The van der Waals surface area contributed by atoms with Crippen LogP contribution in [0.15, 0.2) is 24.3 Å². The van der Waals surface area contributed by atoms with Crippen LogP contribution >= 0.6 is 0 Å². The third-order valence-electron chi connectivity index (χ3n) is 4.40. The third kappa shape index (κ3) is 3.33. The van der Waals surface area contributed by atoms with Crippen molar-refractivity contribution < 1.29 is 9.53 Å². The Balaban J connectivity index is 2.10. The molecule has 3 nitrogen and oxygen atoms in total. The van der Waals surface area contributed by atoms with Crippen LogP contribution in [0.5, 0.6) is 0 Å². The standard InChI is InChI=1S/C17H25NO2/c1-11(2)13-9-8-12(3)10-16(13)20-17(19)14-6-4-5-7-15(14)18/h4-7,11-13,16H,8-10,18H2,1-3H3/t12-,13-,16+/m1/s1. The number of carbonyl (C=O) groups excluding carboxylic acids is 1. The van der Waals surface area contributed by atoms with E-state index in [0.29, 0.717) is 29.0 Å². The number of ether oxygens (including phenoxy) is 1. The molecule has 1 aliphatic rings. The van der Waals surface area contributed by atoms with E-state index >= 15 is 0 Å². The van der Waals surface area contributed by atoms with Crippen LogP contribution in [0.3, 0.4) is 0 Å². The van der Waals surface area contributed by atoms with E-state index in [1.54, 1.807) is 12.1 Å². The molecule has 0 unspecified atom stereocenters. The van der Waals surface area contributed by atoms with Gasteiger partial charge >= 0.3 is 5.97 Å². The first kappa shape index (κ1) is 14.9. The Labute approximate surface area is 121 Å². The van der Waals surface area contributed by atoms with E-state index in [1.807, 2.05) is 12.1 Å². The molecule has 0 saturated heterocycles. The van der Waals surface area contributed by atoms with Crippen LogP contribution in [0.25, 0.3) is 0 Å². The zero-order valence-electron chi connectivity index (χ0n) is 12.6. The summed E-state index contributed by atoms with van der Waals surface area (Å²) in [6.45, 7) is 6.64. The van der Waals surface area contributed by atoms with Crippen molar-refractivity contribution in [1.82, 2.24) is 0 Å². The van der Waals surface area contributed by atoms with Gasteiger partial charge in [0.15, 0.2) is 0 Å². The Bertz CT molecular complexity index is 470. The first-order chi connectivity index (χ1) is 9.49. The molecule has 0 amide bonds. The highest BCUT2D eigenvalue weighted by atomic mass is 16.5. The van der Waals surface area contributed by atoms with Crippen molar-refractivity contribution in [3.05, 3.63) is 29.8 Å². The molecule has 1 saturated carbocycles. The number of hydrogen-bond acceptors (Lipinski definition) is 3. The molecule has 1 aromatic carbocycles. The largest absolute Gasteiger partial charge is 0.458 e. The van der Waals surface area contributed by atoms with Gasteiger partial charge in [0.1, 0.15) is 6.10 Å². The molecule has 1 aliphatic carbocycles. The Morgan fingerprint density at radius 2 is 2.00 bits per heavy atom. The fourth-order valence-electron chi connectivity index (χ4n) is 3.13. The number of rotatable bonds is 3. The molecule has 3 atom stereocenters. The number of carbonyl (C=O) groups is 1. The van der Waals surface area contributed by atoms with Crippen molar-refractivity contribution >= 4 is 11.7 Å². The molecule has 110 valence electrons. The normalized spacial score (nSPS) is 26.5. The molecule has 0 aromatic heterocycles. The van der Waals surface area contributed by atoms with E-state index in [2.05, 4.69) is 20.8 Å². The lowest BCUT2D eigenvalue weighted by molar-refractivity contribution is -0.0173. The van der Waals surface area contributed by atoms with Crippen molar-refractivity contribution in [2.75, 3.05) is 5.73 Å². The van der Waals surface area contributed by atoms with E-state index in [-0.39, 0.29) is 12.1 Å². The molecule has 2 rings (SSSR count). The second-order valence-corrected chi connectivity index (χ2v) is 6.36. The molecule has 1 aromatic rings. The number of nitrogens with two attached hydrogens (primary N) is 1. The average Bonchev–Trinajstić information content (AvgIpc) is 2.38. The van der Waals surface area contributed by atoms with Crippen LogP contribution in [-0.2, 0) is 4.74 Å². The molecule has 1 fully saturated rings. The van der Waals surface area contributed by atoms with Gasteiger partial charge in [0.2, 0.25) is 0 Å². The summed E-state index contributed by atoms with van der Waals surface area (Å²) in [5.74, 6) is 1.33. The zero-order valence-corrected chi connectivity index (χ0v) is 12.6.